The number of halogens is 1. The molecule has 0 spiro atoms. The molecule has 1 fully saturated rings. The Kier molecular flexibility index (Phi) is 4.39. The van der Waals surface area contributed by atoms with Crippen LogP contribution in [-0.2, 0) is 4.74 Å². The average Bonchev–Trinajstić information content (AvgIpc) is 3.20. The Morgan fingerprint density at radius 2 is 2.20 bits per heavy atom. The highest BCUT2D eigenvalue weighted by Crippen LogP contribution is 2.34. The van der Waals surface area contributed by atoms with Crippen LogP contribution in [0.3, 0.4) is 0 Å². The summed E-state index contributed by atoms with van der Waals surface area (Å²) in [7, 11) is 0. The third-order valence-electron chi connectivity index (χ3n) is 4.52. The van der Waals surface area contributed by atoms with E-state index in [2.05, 4.69) is 32.6 Å². The van der Waals surface area contributed by atoms with Crippen LogP contribution in [0.5, 0.6) is 5.88 Å². The zero-order valence-corrected chi connectivity index (χ0v) is 15.0. The summed E-state index contributed by atoms with van der Waals surface area (Å²) in [6.07, 6.45) is 3.34. The first-order chi connectivity index (χ1) is 12.1. The summed E-state index contributed by atoms with van der Waals surface area (Å²) in [6.45, 7) is 6.05. The van der Waals surface area contributed by atoms with Crippen molar-refractivity contribution >= 4 is 29.1 Å². The number of hydrogen-bond acceptors (Lipinski definition) is 7. The molecule has 8 nitrogen and oxygen atoms in total. The fourth-order valence-corrected chi connectivity index (χ4v) is 3.23. The van der Waals surface area contributed by atoms with E-state index in [-0.39, 0.29) is 12.1 Å². The monoisotopic (exact) mass is 364 g/mol. The topological polar surface area (TPSA) is 86.1 Å². The van der Waals surface area contributed by atoms with Crippen LogP contribution in [0.4, 0.5) is 17.5 Å². The second-order valence-corrected chi connectivity index (χ2v) is 6.83. The van der Waals surface area contributed by atoms with Gasteiger partial charge in [-0.2, -0.15) is 4.98 Å². The van der Waals surface area contributed by atoms with Gasteiger partial charge in [0.25, 0.3) is 5.88 Å². The van der Waals surface area contributed by atoms with Gasteiger partial charge in [0.2, 0.25) is 5.95 Å². The summed E-state index contributed by atoms with van der Waals surface area (Å²) in [5, 5.41) is 11.7. The Bertz CT molecular complexity index is 774. The summed E-state index contributed by atoms with van der Waals surface area (Å²) in [6, 6.07) is 0.390. The molecule has 134 valence electrons. The second-order valence-electron chi connectivity index (χ2n) is 6.43. The minimum absolute atomic E-state index is 0.160. The van der Waals surface area contributed by atoms with E-state index >= 15 is 0 Å². The van der Waals surface area contributed by atoms with Crippen molar-refractivity contribution in [3.63, 3.8) is 0 Å². The predicted molar refractivity (Wildman–Crippen MR) is 95.0 cm³/mol. The normalized spacial score (nSPS) is 23.0. The predicted octanol–water partition coefficient (Wildman–Crippen LogP) is 2.92. The zero-order valence-electron chi connectivity index (χ0n) is 14.3. The smallest absolute Gasteiger partial charge is 0.257 e. The SMILES string of the molecule is Cc1c2c(nn1C1CCOC1)OCCC(C)Nc1nc(ncc1Cl)N2. The van der Waals surface area contributed by atoms with Crippen molar-refractivity contribution in [1.82, 2.24) is 19.7 Å². The Morgan fingerprint density at radius 3 is 3.00 bits per heavy atom. The van der Waals surface area contributed by atoms with Crippen molar-refractivity contribution in [2.75, 3.05) is 30.5 Å². The fourth-order valence-electron chi connectivity index (χ4n) is 3.09. The third-order valence-corrected chi connectivity index (χ3v) is 4.80. The van der Waals surface area contributed by atoms with Crippen LogP contribution in [0.25, 0.3) is 0 Å². The minimum Gasteiger partial charge on any atom is -0.475 e. The van der Waals surface area contributed by atoms with Crippen molar-refractivity contribution in [2.45, 2.75) is 38.8 Å². The van der Waals surface area contributed by atoms with Gasteiger partial charge in [0.05, 0.1) is 31.1 Å². The quantitative estimate of drug-likeness (QED) is 0.804. The number of nitrogens with one attached hydrogen (secondary N) is 2. The first-order valence-corrected chi connectivity index (χ1v) is 8.85. The maximum atomic E-state index is 6.20. The number of anilines is 3. The molecule has 4 rings (SSSR count). The lowest BCUT2D eigenvalue weighted by Crippen LogP contribution is -2.19. The van der Waals surface area contributed by atoms with Gasteiger partial charge in [0.1, 0.15) is 10.7 Å². The highest BCUT2D eigenvalue weighted by Gasteiger charge is 2.26. The molecule has 0 amide bonds. The molecule has 2 bridgehead atoms. The lowest BCUT2D eigenvalue weighted by molar-refractivity contribution is 0.183. The molecule has 2 atom stereocenters. The fraction of sp³-hybridized carbons (Fsp3) is 0.562. The van der Waals surface area contributed by atoms with Gasteiger partial charge < -0.3 is 20.1 Å². The molecule has 0 radical (unpaired) electrons. The molecule has 4 heterocycles. The minimum atomic E-state index is 0.160. The number of ether oxygens (including phenoxy) is 2. The van der Waals surface area contributed by atoms with E-state index in [0.29, 0.717) is 35.9 Å². The average molecular weight is 365 g/mol. The Morgan fingerprint density at radius 1 is 1.32 bits per heavy atom. The maximum Gasteiger partial charge on any atom is 0.257 e. The number of hydrogen-bond donors (Lipinski definition) is 2. The van der Waals surface area contributed by atoms with E-state index in [1.54, 1.807) is 6.20 Å². The summed E-state index contributed by atoms with van der Waals surface area (Å²) >= 11 is 6.20. The van der Waals surface area contributed by atoms with E-state index in [1.165, 1.54) is 0 Å². The number of fused-ring (bicyclic) bond motifs is 3. The Balaban J connectivity index is 1.74. The highest BCUT2D eigenvalue weighted by molar-refractivity contribution is 6.32. The van der Waals surface area contributed by atoms with Crippen LogP contribution in [0.1, 0.15) is 31.5 Å². The summed E-state index contributed by atoms with van der Waals surface area (Å²) in [5.41, 5.74) is 1.76. The number of nitrogens with zero attached hydrogens (tertiary/aromatic N) is 4. The van der Waals surface area contributed by atoms with Gasteiger partial charge in [0.15, 0.2) is 5.82 Å². The largest absolute Gasteiger partial charge is 0.475 e. The van der Waals surface area contributed by atoms with Gasteiger partial charge >= 0.3 is 0 Å². The molecule has 2 unspecified atom stereocenters. The Hall–Kier alpha value is -2.06. The Labute approximate surface area is 150 Å². The number of rotatable bonds is 1. The summed E-state index contributed by atoms with van der Waals surface area (Å²) in [4.78, 5) is 8.76. The number of aromatic nitrogens is 4. The second kappa shape index (κ2) is 6.68. The summed E-state index contributed by atoms with van der Waals surface area (Å²) < 4.78 is 13.4. The standard InChI is InChI=1S/C16H21ClN6O2/c1-9-3-6-25-15-13(10(2)23(22-15)11-4-5-24-8-11)20-16-18-7-12(17)14(19-9)21-16/h7,9,11H,3-6,8H2,1-2H3,(H2,18,19,20,21). The van der Waals surface area contributed by atoms with Crippen LogP contribution >= 0.6 is 11.6 Å². The van der Waals surface area contributed by atoms with E-state index < -0.39 is 0 Å². The highest BCUT2D eigenvalue weighted by atomic mass is 35.5. The third kappa shape index (κ3) is 3.23. The molecule has 25 heavy (non-hydrogen) atoms. The van der Waals surface area contributed by atoms with Crippen LogP contribution < -0.4 is 15.4 Å². The van der Waals surface area contributed by atoms with Gasteiger partial charge in [-0.25, -0.2) is 4.98 Å². The van der Waals surface area contributed by atoms with Gasteiger partial charge in [-0.15, -0.1) is 5.10 Å². The van der Waals surface area contributed by atoms with Crippen molar-refractivity contribution in [3.05, 3.63) is 16.9 Å². The van der Waals surface area contributed by atoms with Crippen LogP contribution in [0.2, 0.25) is 5.02 Å². The van der Waals surface area contributed by atoms with Crippen molar-refractivity contribution in [3.8, 4) is 5.88 Å². The molecule has 2 aliphatic heterocycles. The van der Waals surface area contributed by atoms with Crippen LogP contribution in [-0.4, -0.2) is 45.6 Å². The lowest BCUT2D eigenvalue weighted by Gasteiger charge is -2.15. The van der Waals surface area contributed by atoms with E-state index in [4.69, 9.17) is 21.1 Å². The van der Waals surface area contributed by atoms with Crippen LogP contribution in [0.15, 0.2) is 6.20 Å². The first-order valence-electron chi connectivity index (χ1n) is 8.47. The van der Waals surface area contributed by atoms with Crippen LogP contribution in [0, 0.1) is 6.92 Å². The molecule has 0 aromatic carbocycles. The van der Waals surface area contributed by atoms with E-state index in [0.717, 1.165) is 30.8 Å². The van der Waals surface area contributed by atoms with Gasteiger partial charge in [-0.1, -0.05) is 11.6 Å². The molecule has 2 aliphatic rings. The van der Waals surface area contributed by atoms with Crippen molar-refractivity contribution in [1.29, 1.82) is 0 Å². The molecule has 2 N–H and O–H groups in total. The van der Waals surface area contributed by atoms with E-state index in [9.17, 15) is 0 Å². The zero-order chi connectivity index (χ0) is 17.4. The molecule has 2 aromatic heterocycles. The van der Waals surface area contributed by atoms with Gasteiger partial charge in [0, 0.05) is 19.1 Å². The molecule has 2 aromatic rings. The van der Waals surface area contributed by atoms with Gasteiger partial charge in [-0.05, 0) is 20.3 Å². The van der Waals surface area contributed by atoms with E-state index in [1.807, 2.05) is 11.6 Å². The molecule has 9 heteroatoms. The first kappa shape index (κ1) is 16.4. The summed E-state index contributed by atoms with van der Waals surface area (Å²) in [5.74, 6) is 1.64. The molecule has 0 aliphatic carbocycles. The molecule has 0 saturated carbocycles. The molecular weight excluding hydrogens is 344 g/mol. The molecule has 1 saturated heterocycles. The molecular formula is C16H21ClN6O2. The van der Waals surface area contributed by atoms with Crippen molar-refractivity contribution < 1.29 is 9.47 Å². The van der Waals surface area contributed by atoms with Crippen molar-refractivity contribution in [2.24, 2.45) is 0 Å². The lowest BCUT2D eigenvalue weighted by atomic mass is 10.2. The van der Waals surface area contributed by atoms with Gasteiger partial charge in [-0.3, -0.25) is 4.68 Å². The maximum absolute atomic E-state index is 6.20.